The van der Waals surface area contributed by atoms with Crippen LogP contribution in [0.25, 0.3) is 0 Å². The summed E-state index contributed by atoms with van der Waals surface area (Å²) in [4.78, 5) is 17.1. The van der Waals surface area contributed by atoms with Gasteiger partial charge in [-0.25, -0.2) is 0 Å². The minimum Gasteiger partial charge on any atom is -0.481 e. The van der Waals surface area contributed by atoms with Gasteiger partial charge in [-0.2, -0.15) is 0 Å². The summed E-state index contributed by atoms with van der Waals surface area (Å²) in [5.74, 6) is -0.143. The Bertz CT molecular complexity index is 420. The second kappa shape index (κ2) is 5.96. The largest absolute Gasteiger partial charge is 0.481 e. The molecule has 1 aromatic heterocycles. The Morgan fingerprint density at radius 3 is 3.11 bits per heavy atom. The number of likely N-dealkylation sites (tertiary alicyclic amines) is 1. The molecule has 1 aliphatic heterocycles. The van der Waals surface area contributed by atoms with Gasteiger partial charge in [-0.05, 0) is 43.4 Å². The number of carbonyl (C=O) groups is 1. The molecule has 2 rings (SSSR count). The summed E-state index contributed by atoms with van der Waals surface area (Å²) in [5.41, 5.74) is 2.43. The SMILES string of the molecule is Cc1cncc(CN2CCC(CCC(=O)O)C2)c1. The van der Waals surface area contributed by atoms with Crippen LogP contribution in [0.5, 0.6) is 0 Å². The second-order valence-corrected chi connectivity index (χ2v) is 5.19. The molecule has 1 unspecified atom stereocenters. The molecular formula is C14H20N2O2. The van der Waals surface area contributed by atoms with Crippen molar-refractivity contribution in [2.75, 3.05) is 13.1 Å². The van der Waals surface area contributed by atoms with Gasteiger partial charge in [0.15, 0.2) is 0 Å². The molecule has 4 nitrogen and oxygen atoms in total. The van der Waals surface area contributed by atoms with E-state index in [0.29, 0.717) is 12.3 Å². The van der Waals surface area contributed by atoms with Gasteiger partial charge in [0.1, 0.15) is 0 Å². The first-order valence-electron chi connectivity index (χ1n) is 6.48. The lowest BCUT2D eigenvalue weighted by Gasteiger charge is -2.15. The van der Waals surface area contributed by atoms with Gasteiger partial charge >= 0.3 is 5.97 Å². The fraction of sp³-hybridized carbons (Fsp3) is 0.571. The number of aromatic nitrogens is 1. The third-order valence-electron chi connectivity index (χ3n) is 3.47. The standard InChI is InChI=1S/C14H20N2O2/c1-11-6-13(8-15-7-11)10-16-5-4-12(9-16)2-3-14(17)18/h6-8,12H,2-5,9-10H2,1H3,(H,17,18). The summed E-state index contributed by atoms with van der Waals surface area (Å²) in [6, 6.07) is 2.16. The highest BCUT2D eigenvalue weighted by atomic mass is 16.4. The molecule has 0 amide bonds. The van der Waals surface area contributed by atoms with Crippen LogP contribution in [0.3, 0.4) is 0 Å². The quantitative estimate of drug-likeness (QED) is 0.866. The van der Waals surface area contributed by atoms with Gasteiger partial charge in [0.25, 0.3) is 0 Å². The number of nitrogens with zero attached hydrogens (tertiary/aromatic N) is 2. The van der Waals surface area contributed by atoms with E-state index in [1.54, 1.807) is 0 Å². The molecule has 0 bridgehead atoms. The molecule has 1 fully saturated rings. The minimum atomic E-state index is -0.684. The number of hydrogen-bond donors (Lipinski definition) is 1. The Kier molecular flexibility index (Phi) is 4.31. The van der Waals surface area contributed by atoms with Gasteiger partial charge in [0.05, 0.1) is 0 Å². The highest BCUT2D eigenvalue weighted by molar-refractivity contribution is 5.66. The maximum atomic E-state index is 10.5. The van der Waals surface area contributed by atoms with E-state index in [2.05, 4.69) is 22.9 Å². The zero-order valence-corrected chi connectivity index (χ0v) is 10.8. The van der Waals surface area contributed by atoms with Crippen molar-refractivity contribution < 1.29 is 9.90 Å². The van der Waals surface area contributed by atoms with Gasteiger partial charge in [-0.3, -0.25) is 14.7 Å². The molecule has 0 aromatic carbocycles. The van der Waals surface area contributed by atoms with Crippen molar-refractivity contribution in [1.29, 1.82) is 0 Å². The molecule has 0 saturated carbocycles. The summed E-state index contributed by atoms with van der Waals surface area (Å²) < 4.78 is 0. The highest BCUT2D eigenvalue weighted by Gasteiger charge is 2.22. The monoisotopic (exact) mass is 248 g/mol. The minimum absolute atomic E-state index is 0.296. The molecule has 1 aliphatic rings. The topological polar surface area (TPSA) is 53.4 Å². The molecular weight excluding hydrogens is 228 g/mol. The highest BCUT2D eigenvalue weighted by Crippen LogP contribution is 2.22. The van der Waals surface area contributed by atoms with Crippen molar-refractivity contribution in [3.8, 4) is 0 Å². The third-order valence-corrected chi connectivity index (χ3v) is 3.47. The Morgan fingerprint density at radius 2 is 2.39 bits per heavy atom. The number of aryl methyl sites for hydroxylation is 1. The Morgan fingerprint density at radius 1 is 1.56 bits per heavy atom. The third kappa shape index (κ3) is 3.81. The molecule has 1 aromatic rings. The van der Waals surface area contributed by atoms with E-state index in [0.717, 1.165) is 32.5 Å². The summed E-state index contributed by atoms with van der Waals surface area (Å²) in [7, 11) is 0. The predicted octanol–water partition coefficient (Wildman–Crippen LogP) is 2.08. The Hall–Kier alpha value is -1.42. The number of pyridine rings is 1. The average Bonchev–Trinajstić information content (AvgIpc) is 2.74. The van der Waals surface area contributed by atoms with E-state index < -0.39 is 5.97 Å². The number of hydrogen-bond acceptors (Lipinski definition) is 3. The van der Waals surface area contributed by atoms with E-state index >= 15 is 0 Å². The number of carboxylic acid groups (broad SMARTS) is 1. The number of aliphatic carboxylic acids is 1. The van der Waals surface area contributed by atoms with Gasteiger partial charge in [0, 0.05) is 31.9 Å². The van der Waals surface area contributed by atoms with Crippen LogP contribution in [-0.2, 0) is 11.3 Å². The summed E-state index contributed by atoms with van der Waals surface area (Å²) in [6.45, 7) is 5.06. The lowest BCUT2D eigenvalue weighted by Crippen LogP contribution is -2.20. The van der Waals surface area contributed by atoms with Crippen LogP contribution in [0.15, 0.2) is 18.5 Å². The van der Waals surface area contributed by atoms with E-state index in [4.69, 9.17) is 5.11 Å². The lowest BCUT2D eigenvalue weighted by atomic mass is 10.0. The molecule has 1 saturated heterocycles. The molecule has 0 radical (unpaired) electrons. The smallest absolute Gasteiger partial charge is 0.303 e. The lowest BCUT2D eigenvalue weighted by molar-refractivity contribution is -0.137. The summed E-state index contributed by atoms with van der Waals surface area (Å²) in [6.07, 6.45) is 6.00. The van der Waals surface area contributed by atoms with Crippen LogP contribution < -0.4 is 0 Å². The number of carboxylic acids is 1. The van der Waals surface area contributed by atoms with Crippen molar-refractivity contribution in [3.63, 3.8) is 0 Å². The average molecular weight is 248 g/mol. The fourth-order valence-electron chi connectivity index (χ4n) is 2.58. The van der Waals surface area contributed by atoms with Crippen molar-refractivity contribution in [3.05, 3.63) is 29.6 Å². The molecule has 98 valence electrons. The van der Waals surface area contributed by atoms with Gasteiger partial charge in [-0.1, -0.05) is 6.07 Å². The molecule has 0 spiro atoms. The first-order valence-corrected chi connectivity index (χ1v) is 6.48. The molecule has 0 aliphatic carbocycles. The first-order chi connectivity index (χ1) is 8.63. The van der Waals surface area contributed by atoms with Crippen molar-refractivity contribution in [1.82, 2.24) is 9.88 Å². The van der Waals surface area contributed by atoms with Gasteiger partial charge in [-0.15, -0.1) is 0 Å². The van der Waals surface area contributed by atoms with Crippen molar-refractivity contribution in [2.24, 2.45) is 5.92 Å². The van der Waals surface area contributed by atoms with Crippen molar-refractivity contribution >= 4 is 5.97 Å². The normalized spacial score (nSPS) is 20.2. The van der Waals surface area contributed by atoms with E-state index in [1.165, 1.54) is 11.1 Å². The van der Waals surface area contributed by atoms with Crippen LogP contribution in [0.4, 0.5) is 0 Å². The summed E-state index contributed by atoms with van der Waals surface area (Å²) in [5, 5.41) is 8.68. The predicted molar refractivity (Wildman–Crippen MR) is 69.2 cm³/mol. The van der Waals surface area contributed by atoms with Crippen molar-refractivity contribution in [2.45, 2.75) is 32.7 Å². The molecule has 18 heavy (non-hydrogen) atoms. The first kappa shape index (κ1) is 13.0. The summed E-state index contributed by atoms with van der Waals surface area (Å²) >= 11 is 0. The fourth-order valence-corrected chi connectivity index (χ4v) is 2.58. The zero-order valence-electron chi connectivity index (χ0n) is 10.8. The number of rotatable bonds is 5. The van der Waals surface area contributed by atoms with Crippen LogP contribution in [0, 0.1) is 12.8 Å². The molecule has 2 heterocycles. The van der Waals surface area contributed by atoms with Crippen LogP contribution in [-0.4, -0.2) is 34.0 Å². The van der Waals surface area contributed by atoms with Gasteiger partial charge in [0.2, 0.25) is 0 Å². The maximum Gasteiger partial charge on any atom is 0.303 e. The Balaban J connectivity index is 1.80. The van der Waals surface area contributed by atoms with E-state index in [9.17, 15) is 4.79 Å². The molecule has 4 heteroatoms. The van der Waals surface area contributed by atoms with Crippen LogP contribution in [0.2, 0.25) is 0 Å². The van der Waals surface area contributed by atoms with Gasteiger partial charge < -0.3 is 5.11 Å². The van der Waals surface area contributed by atoms with E-state index in [1.807, 2.05) is 12.4 Å². The Labute approximate surface area is 108 Å². The van der Waals surface area contributed by atoms with Crippen LogP contribution >= 0.6 is 0 Å². The van der Waals surface area contributed by atoms with E-state index in [-0.39, 0.29) is 0 Å². The maximum absolute atomic E-state index is 10.5. The molecule has 1 atom stereocenters. The molecule has 1 N–H and O–H groups in total. The van der Waals surface area contributed by atoms with Crippen LogP contribution in [0.1, 0.15) is 30.4 Å². The second-order valence-electron chi connectivity index (χ2n) is 5.19. The zero-order chi connectivity index (χ0) is 13.0.